The number of ether oxygens (including phenoxy) is 3. The van der Waals surface area contributed by atoms with Gasteiger partial charge in [-0.15, -0.1) is 0 Å². The molecule has 432 valence electrons. The van der Waals surface area contributed by atoms with Gasteiger partial charge in [-0.3, -0.25) is 14.4 Å². The molecule has 0 heterocycles. The molecule has 0 bridgehead atoms. The van der Waals surface area contributed by atoms with E-state index in [-0.39, 0.29) is 31.1 Å². The summed E-state index contributed by atoms with van der Waals surface area (Å²) in [6.45, 7) is 6.68. The molecule has 0 aromatic heterocycles. The molecule has 6 heteroatoms. The van der Waals surface area contributed by atoms with E-state index in [0.29, 0.717) is 19.3 Å². The summed E-state index contributed by atoms with van der Waals surface area (Å²) in [5, 5.41) is 0. The summed E-state index contributed by atoms with van der Waals surface area (Å²) >= 11 is 0. The van der Waals surface area contributed by atoms with Gasteiger partial charge in [0, 0.05) is 19.3 Å². The maximum atomic E-state index is 12.8. The maximum absolute atomic E-state index is 12.8. The van der Waals surface area contributed by atoms with Crippen LogP contribution in [0.4, 0.5) is 0 Å². The molecule has 0 saturated heterocycles. The fourth-order valence-corrected chi connectivity index (χ4v) is 10.3. The Labute approximate surface area is 456 Å². The van der Waals surface area contributed by atoms with Crippen LogP contribution >= 0.6 is 0 Å². The van der Waals surface area contributed by atoms with Crippen molar-refractivity contribution in [2.45, 2.75) is 386 Å². The van der Waals surface area contributed by atoms with Crippen molar-refractivity contribution in [3.63, 3.8) is 0 Å². The van der Waals surface area contributed by atoms with Crippen molar-refractivity contribution in [1.82, 2.24) is 0 Å². The van der Waals surface area contributed by atoms with Gasteiger partial charge < -0.3 is 14.2 Å². The molecule has 1 unspecified atom stereocenters. The molecule has 0 aliphatic rings. The van der Waals surface area contributed by atoms with Crippen LogP contribution in [0.1, 0.15) is 380 Å². The predicted molar refractivity (Wildman–Crippen MR) is 317 cm³/mol. The minimum absolute atomic E-state index is 0.0674. The van der Waals surface area contributed by atoms with Crippen molar-refractivity contribution >= 4 is 17.9 Å². The first-order valence-electron chi connectivity index (χ1n) is 33.2. The van der Waals surface area contributed by atoms with Gasteiger partial charge in [-0.1, -0.05) is 328 Å². The van der Waals surface area contributed by atoms with Crippen LogP contribution in [0, 0.1) is 0 Å². The average Bonchev–Trinajstić information content (AvgIpc) is 3.39. The topological polar surface area (TPSA) is 78.9 Å². The molecule has 73 heavy (non-hydrogen) atoms. The third-order valence-electron chi connectivity index (χ3n) is 15.3. The van der Waals surface area contributed by atoms with Crippen LogP contribution < -0.4 is 0 Å². The van der Waals surface area contributed by atoms with Gasteiger partial charge in [0.1, 0.15) is 13.2 Å². The van der Waals surface area contributed by atoms with Gasteiger partial charge in [0.15, 0.2) is 6.10 Å². The van der Waals surface area contributed by atoms with Gasteiger partial charge in [0.2, 0.25) is 0 Å². The van der Waals surface area contributed by atoms with Crippen LogP contribution in [-0.2, 0) is 28.6 Å². The Hall–Kier alpha value is -1.85. The summed E-state index contributed by atoms with van der Waals surface area (Å²) in [4.78, 5) is 38.2. The van der Waals surface area contributed by atoms with Crippen molar-refractivity contribution < 1.29 is 28.6 Å². The lowest BCUT2D eigenvalue weighted by Crippen LogP contribution is -2.30. The van der Waals surface area contributed by atoms with E-state index >= 15 is 0 Å². The highest BCUT2D eigenvalue weighted by Crippen LogP contribution is 2.18. The normalized spacial score (nSPS) is 12.0. The van der Waals surface area contributed by atoms with E-state index in [9.17, 15) is 14.4 Å². The molecule has 0 radical (unpaired) electrons. The van der Waals surface area contributed by atoms with E-state index in [0.717, 1.165) is 64.2 Å². The lowest BCUT2D eigenvalue weighted by molar-refractivity contribution is -0.167. The molecular weight excluding hydrogens is 901 g/mol. The smallest absolute Gasteiger partial charge is 0.306 e. The van der Waals surface area contributed by atoms with Crippen LogP contribution in [0.15, 0.2) is 12.2 Å². The van der Waals surface area contributed by atoms with E-state index in [1.807, 2.05) is 0 Å². The second kappa shape index (κ2) is 62.7. The lowest BCUT2D eigenvalue weighted by Gasteiger charge is -2.18. The van der Waals surface area contributed by atoms with Crippen LogP contribution in [-0.4, -0.2) is 37.2 Å². The van der Waals surface area contributed by atoms with Crippen molar-refractivity contribution in [2.24, 2.45) is 0 Å². The number of hydrogen-bond donors (Lipinski definition) is 0. The minimum atomic E-state index is -0.769. The molecule has 0 saturated carbocycles. The average molecular weight is 1030 g/mol. The summed E-state index contributed by atoms with van der Waals surface area (Å²) in [7, 11) is 0. The summed E-state index contributed by atoms with van der Waals surface area (Å²) in [5.74, 6) is -0.851. The molecule has 0 N–H and O–H groups in total. The molecule has 0 aliphatic carbocycles. The number of rotatable bonds is 62. The van der Waals surface area contributed by atoms with E-state index in [1.165, 1.54) is 276 Å². The SMILES string of the molecule is CCCCCCCC/C=C\CCCCCCCC(=O)OC(COC(=O)CCCCCCCCCCCC)COC(=O)CCCCCCCCCCCCCCCCCCCCCCCCCCCCCCCC. The third kappa shape index (κ3) is 60.9. The zero-order chi connectivity index (χ0) is 52.9. The number of carbonyl (C=O) groups excluding carboxylic acids is 3. The van der Waals surface area contributed by atoms with Crippen molar-refractivity contribution in [1.29, 1.82) is 0 Å². The third-order valence-corrected chi connectivity index (χ3v) is 15.3. The fourth-order valence-electron chi connectivity index (χ4n) is 10.3. The molecule has 6 nitrogen and oxygen atoms in total. The minimum Gasteiger partial charge on any atom is -0.462 e. The highest BCUT2D eigenvalue weighted by Gasteiger charge is 2.19. The number of unbranched alkanes of at least 4 members (excludes halogenated alkanes) is 49. The lowest BCUT2D eigenvalue weighted by atomic mass is 10.0. The Morgan fingerprint density at radius 3 is 0.685 bits per heavy atom. The highest BCUT2D eigenvalue weighted by molar-refractivity contribution is 5.71. The Balaban J connectivity index is 4.05. The first kappa shape index (κ1) is 71.2. The van der Waals surface area contributed by atoms with E-state index in [1.54, 1.807) is 0 Å². The van der Waals surface area contributed by atoms with E-state index < -0.39 is 6.10 Å². The first-order chi connectivity index (χ1) is 36.0. The van der Waals surface area contributed by atoms with Crippen LogP contribution in [0.3, 0.4) is 0 Å². The van der Waals surface area contributed by atoms with Crippen molar-refractivity contribution in [3.8, 4) is 0 Å². The number of allylic oxidation sites excluding steroid dienone is 2. The number of hydrogen-bond acceptors (Lipinski definition) is 6. The van der Waals surface area contributed by atoms with Gasteiger partial charge in [-0.05, 0) is 44.9 Å². The molecule has 0 spiro atoms. The van der Waals surface area contributed by atoms with Gasteiger partial charge in [-0.25, -0.2) is 0 Å². The van der Waals surface area contributed by atoms with Crippen LogP contribution in [0.25, 0.3) is 0 Å². The van der Waals surface area contributed by atoms with Crippen LogP contribution in [0.5, 0.6) is 0 Å². The monoisotopic (exact) mass is 1030 g/mol. The van der Waals surface area contributed by atoms with Crippen LogP contribution in [0.2, 0.25) is 0 Å². The second-order valence-corrected chi connectivity index (χ2v) is 22.7. The zero-order valence-electron chi connectivity index (χ0n) is 49.7. The van der Waals surface area contributed by atoms with Gasteiger partial charge >= 0.3 is 17.9 Å². The zero-order valence-corrected chi connectivity index (χ0v) is 49.7. The number of esters is 3. The number of carbonyl (C=O) groups is 3. The summed E-state index contributed by atoms with van der Waals surface area (Å²) in [6, 6.07) is 0. The molecule has 1 atom stereocenters. The molecule has 0 fully saturated rings. The molecule has 0 aromatic carbocycles. The quantitative estimate of drug-likeness (QED) is 0.0261. The van der Waals surface area contributed by atoms with Gasteiger partial charge in [0.25, 0.3) is 0 Å². The highest BCUT2D eigenvalue weighted by atomic mass is 16.6. The second-order valence-electron chi connectivity index (χ2n) is 22.7. The van der Waals surface area contributed by atoms with Gasteiger partial charge in [-0.2, -0.15) is 0 Å². The summed E-state index contributed by atoms with van der Waals surface area (Å²) in [6.07, 6.45) is 74.0. The molecule has 0 rings (SSSR count). The molecule has 0 amide bonds. The standard InChI is InChI=1S/C67H128O6/c1-4-7-10-13-16-19-22-24-26-27-28-29-30-31-32-33-34-35-36-37-38-39-40-42-43-45-48-51-54-57-60-66(69)72-63-64(62-71-65(68)59-56-53-50-47-21-18-15-12-9-6-3)73-67(70)61-58-55-52-49-46-44-41-25-23-20-17-14-11-8-5-2/h25,41,64H,4-24,26-40,42-63H2,1-3H3/b41-25-. The van der Waals surface area contributed by atoms with E-state index in [2.05, 4.69) is 32.9 Å². The van der Waals surface area contributed by atoms with E-state index in [4.69, 9.17) is 14.2 Å². The Kier molecular flexibility index (Phi) is 61.1. The van der Waals surface area contributed by atoms with Crippen molar-refractivity contribution in [2.75, 3.05) is 13.2 Å². The largest absolute Gasteiger partial charge is 0.462 e. The Morgan fingerprint density at radius 2 is 0.452 bits per heavy atom. The predicted octanol–water partition coefficient (Wildman–Crippen LogP) is 22.4. The Morgan fingerprint density at radius 1 is 0.260 bits per heavy atom. The molecule has 0 aliphatic heterocycles. The first-order valence-corrected chi connectivity index (χ1v) is 33.2. The molecule has 0 aromatic rings. The fraction of sp³-hybridized carbons (Fsp3) is 0.925. The van der Waals surface area contributed by atoms with Crippen molar-refractivity contribution in [3.05, 3.63) is 12.2 Å². The Bertz CT molecular complexity index is 1130. The summed E-state index contributed by atoms with van der Waals surface area (Å²) < 4.78 is 16.9. The summed E-state index contributed by atoms with van der Waals surface area (Å²) in [5.41, 5.74) is 0. The van der Waals surface area contributed by atoms with Gasteiger partial charge in [0.05, 0.1) is 0 Å². The maximum Gasteiger partial charge on any atom is 0.306 e. The molecular formula is C67H128O6.